The fourth-order valence-corrected chi connectivity index (χ4v) is 3.17. The van der Waals surface area contributed by atoms with Crippen LogP contribution in [0.3, 0.4) is 0 Å². The third-order valence-electron chi connectivity index (χ3n) is 4.64. The summed E-state index contributed by atoms with van der Waals surface area (Å²) in [6.45, 7) is 4.39. The maximum atomic E-state index is 12.6. The van der Waals surface area contributed by atoms with Crippen LogP contribution in [-0.2, 0) is 13.1 Å². The number of hydrogen-bond acceptors (Lipinski definition) is 5. The molecule has 1 saturated heterocycles. The monoisotopic (exact) mass is 389 g/mol. The van der Waals surface area contributed by atoms with Crippen molar-refractivity contribution < 1.29 is 4.79 Å². The Bertz CT molecular complexity index is 725. The molecule has 0 saturated carbocycles. The van der Waals surface area contributed by atoms with E-state index in [0.717, 1.165) is 36.6 Å². The number of carbonyl (C=O) groups is 1. The van der Waals surface area contributed by atoms with Crippen LogP contribution in [-0.4, -0.2) is 61.0 Å². The normalized spacial score (nSPS) is 14.2. The van der Waals surface area contributed by atoms with Crippen molar-refractivity contribution >= 4 is 24.1 Å². The van der Waals surface area contributed by atoms with Crippen molar-refractivity contribution in [1.29, 1.82) is 0 Å². The molecule has 1 amide bonds. The molecule has 1 aliphatic rings. The van der Waals surface area contributed by atoms with Crippen molar-refractivity contribution in [3.63, 3.8) is 0 Å². The summed E-state index contributed by atoms with van der Waals surface area (Å²) in [6, 6.07) is 11.8. The Morgan fingerprint density at radius 1 is 1.04 bits per heavy atom. The van der Waals surface area contributed by atoms with Crippen LogP contribution in [0.25, 0.3) is 0 Å². The van der Waals surface area contributed by atoms with Gasteiger partial charge in [-0.1, -0.05) is 18.2 Å². The Hall–Kier alpha value is -2.15. The minimum atomic E-state index is 0. The van der Waals surface area contributed by atoms with Crippen LogP contribution in [0.5, 0.6) is 0 Å². The SMILES string of the molecule is CN(C)Cc1ccc(N2CCN(C(=O)c3ccc(CN)cc3)CC2)nc1.Cl. The van der Waals surface area contributed by atoms with Gasteiger partial charge in [0.1, 0.15) is 5.82 Å². The van der Waals surface area contributed by atoms with E-state index in [-0.39, 0.29) is 18.3 Å². The molecule has 0 unspecified atom stereocenters. The van der Waals surface area contributed by atoms with Crippen molar-refractivity contribution in [2.45, 2.75) is 13.1 Å². The smallest absolute Gasteiger partial charge is 0.253 e. The zero-order chi connectivity index (χ0) is 18.5. The fourth-order valence-electron chi connectivity index (χ4n) is 3.17. The standard InChI is InChI=1S/C20H27N5O.ClH/c1-23(2)15-17-5-8-19(22-14-17)24-9-11-25(12-10-24)20(26)18-6-3-16(13-21)4-7-18;/h3-8,14H,9-13,15,21H2,1-2H3;1H. The molecule has 7 heteroatoms. The highest BCUT2D eigenvalue weighted by Gasteiger charge is 2.22. The Morgan fingerprint density at radius 2 is 1.67 bits per heavy atom. The van der Waals surface area contributed by atoms with E-state index in [0.29, 0.717) is 19.6 Å². The third-order valence-corrected chi connectivity index (χ3v) is 4.64. The second-order valence-electron chi connectivity index (χ2n) is 6.94. The molecule has 2 N–H and O–H groups in total. The number of anilines is 1. The van der Waals surface area contributed by atoms with Gasteiger partial charge in [-0.05, 0) is 43.4 Å². The number of carbonyl (C=O) groups excluding carboxylic acids is 1. The van der Waals surface area contributed by atoms with Crippen LogP contribution in [0.2, 0.25) is 0 Å². The first kappa shape index (κ1) is 21.2. The molecule has 1 aromatic heterocycles. The number of pyridine rings is 1. The number of aromatic nitrogens is 1. The van der Waals surface area contributed by atoms with Gasteiger partial charge in [0.05, 0.1) is 0 Å². The molecule has 0 bridgehead atoms. The molecular formula is C20H28ClN5O. The number of rotatable bonds is 5. The summed E-state index contributed by atoms with van der Waals surface area (Å²) >= 11 is 0. The van der Waals surface area contributed by atoms with Gasteiger partial charge in [-0.3, -0.25) is 4.79 Å². The Balaban J connectivity index is 0.00000261. The van der Waals surface area contributed by atoms with Gasteiger partial charge in [0.25, 0.3) is 5.91 Å². The fraction of sp³-hybridized carbons (Fsp3) is 0.400. The number of hydrogen-bond donors (Lipinski definition) is 1. The van der Waals surface area contributed by atoms with Gasteiger partial charge in [-0.15, -0.1) is 12.4 Å². The second kappa shape index (κ2) is 9.69. The maximum absolute atomic E-state index is 12.6. The lowest BCUT2D eigenvalue weighted by Crippen LogP contribution is -2.49. The van der Waals surface area contributed by atoms with E-state index in [2.05, 4.69) is 26.9 Å². The number of piperazine rings is 1. The highest BCUT2D eigenvalue weighted by molar-refractivity contribution is 5.94. The van der Waals surface area contributed by atoms with Gasteiger partial charge >= 0.3 is 0 Å². The van der Waals surface area contributed by atoms with Crippen LogP contribution in [0.1, 0.15) is 21.5 Å². The molecule has 0 spiro atoms. The predicted molar refractivity (Wildman–Crippen MR) is 111 cm³/mol. The molecule has 0 aliphatic carbocycles. The molecule has 2 heterocycles. The third kappa shape index (κ3) is 5.42. The molecule has 0 atom stereocenters. The summed E-state index contributed by atoms with van der Waals surface area (Å²) in [5.41, 5.74) is 8.58. The van der Waals surface area contributed by atoms with Crippen LogP contribution < -0.4 is 10.6 Å². The van der Waals surface area contributed by atoms with Gasteiger partial charge < -0.3 is 20.4 Å². The maximum Gasteiger partial charge on any atom is 0.253 e. The van der Waals surface area contributed by atoms with E-state index in [9.17, 15) is 4.79 Å². The molecule has 2 aromatic rings. The van der Waals surface area contributed by atoms with Gasteiger partial charge in [-0.2, -0.15) is 0 Å². The number of amides is 1. The molecule has 6 nitrogen and oxygen atoms in total. The Labute approximate surface area is 167 Å². The van der Waals surface area contributed by atoms with Gasteiger partial charge in [0, 0.05) is 51.0 Å². The van der Waals surface area contributed by atoms with E-state index in [1.807, 2.05) is 49.5 Å². The minimum Gasteiger partial charge on any atom is -0.353 e. The van der Waals surface area contributed by atoms with E-state index in [1.165, 1.54) is 5.56 Å². The summed E-state index contributed by atoms with van der Waals surface area (Å²) in [7, 11) is 4.10. The largest absolute Gasteiger partial charge is 0.353 e. The predicted octanol–water partition coefficient (Wildman–Crippen LogP) is 1.99. The lowest BCUT2D eigenvalue weighted by molar-refractivity contribution is 0.0746. The van der Waals surface area contributed by atoms with Gasteiger partial charge in [-0.25, -0.2) is 4.98 Å². The number of nitrogens with two attached hydrogens (primary N) is 1. The molecule has 1 fully saturated rings. The van der Waals surface area contributed by atoms with E-state index >= 15 is 0 Å². The number of nitrogens with zero attached hydrogens (tertiary/aromatic N) is 4. The molecule has 146 valence electrons. The second-order valence-corrected chi connectivity index (χ2v) is 6.94. The average Bonchev–Trinajstić information content (AvgIpc) is 2.68. The zero-order valence-corrected chi connectivity index (χ0v) is 16.8. The lowest BCUT2D eigenvalue weighted by atomic mass is 10.1. The Kier molecular flexibility index (Phi) is 7.59. The van der Waals surface area contributed by atoms with Crippen LogP contribution in [0.4, 0.5) is 5.82 Å². The summed E-state index contributed by atoms with van der Waals surface area (Å²) in [5.74, 6) is 1.06. The van der Waals surface area contributed by atoms with Crippen molar-refractivity contribution in [3.05, 3.63) is 59.3 Å². The first-order valence-corrected chi connectivity index (χ1v) is 8.99. The lowest BCUT2D eigenvalue weighted by Gasteiger charge is -2.35. The van der Waals surface area contributed by atoms with Crippen molar-refractivity contribution in [2.75, 3.05) is 45.2 Å². The number of benzene rings is 1. The van der Waals surface area contributed by atoms with Crippen LogP contribution >= 0.6 is 12.4 Å². The van der Waals surface area contributed by atoms with Crippen molar-refractivity contribution in [3.8, 4) is 0 Å². The van der Waals surface area contributed by atoms with E-state index < -0.39 is 0 Å². The summed E-state index contributed by atoms with van der Waals surface area (Å²) in [4.78, 5) is 23.5. The quantitative estimate of drug-likeness (QED) is 0.847. The first-order chi connectivity index (χ1) is 12.6. The highest BCUT2D eigenvalue weighted by Crippen LogP contribution is 2.16. The minimum absolute atomic E-state index is 0. The average molecular weight is 390 g/mol. The molecular weight excluding hydrogens is 362 g/mol. The van der Waals surface area contributed by atoms with Crippen molar-refractivity contribution in [1.82, 2.24) is 14.8 Å². The zero-order valence-electron chi connectivity index (χ0n) is 16.0. The number of halogens is 1. The molecule has 27 heavy (non-hydrogen) atoms. The first-order valence-electron chi connectivity index (χ1n) is 8.99. The van der Waals surface area contributed by atoms with E-state index in [1.54, 1.807) is 0 Å². The highest BCUT2D eigenvalue weighted by atomic mass is 35.5. The molecule has 3 rings (SSSR count). The summed E-state index contributed by atoms with van der Waals surface area (Å²) in [6.07, 6.45) is 1.94. The molecule has 1 aliphatic heterocycles. The van der Waals surface area contributed by atoms with Crippen LogP contribution in [0, 0.1) is 0 Å². The van der Waals surface area contributed by atoms with Crippen LogP contribution in [0.15, 0.2) is 42.6 Å². The molecule has 1 aromatic carbocycles. The van der Waals surface area contributed by atoms with Gasteiger partial charge in [0.15, 0.2) is 0 Å². The Morgan fingerprint density at radius 3 is 2.19 bits per heavy atom. The molecule has 0 radical (unpaired) electrons. The summed E-state index contributed by atoms with van der Waals surface area (Å²) < 4.78 is 0. The van der Waals surface area contributed by atoms with Crippen molar-refractivity contribution in [2.24, 2.45) is 5.73 Å². The topological polar surface area (TPSA) is 65.7 Å². The van der Waals surface area contributed by atoms with E-state index in [4.69, 9.17) is 5.73 Å². The summed E-state index contributed by atoms with van der Waals surface area (Å²) in [5, 5.41) is 0. The van der Waals surface area contributed by atoms with Gasteiger partial charge in [0.2, 0.25) is 0 Å².